The van der Waals surface area contributed by atoms with E-state index < -0.39 is 16.2 Å². The van der Waals surface area contributed by atoms with Crippen LogP contribution in [0.25, 0.3) is 0 Å². The first-order valence-electron chi connectivity index (χ1n) is 4.61. The van der Waals surface area contributed by atoms with Gasteiger partial charge in [-0.25, -0.2) is 0 Å². The highest BCUT2D eigenvalue weighted by Gasteiger charge is 2.20. The van der Waals surface area contributed by atoms with Crippen molar-refractivity contribution in [2.75, 3.05) is 34.3 Å². The van der Waals surface area contributed by atoms with Crippen LogP contribution < -0.4 is 0 Å². The molecule has 90 valence electrons. The van der Waals surface area contributed by atoms with Crippen LogP contribution in [0.3, 0.4) is 0 Å². The van der Waals surface area contributed by atoms with Crippen LogP contribution in [0.5, 0.6) is 0 Å². The molecule has 0 aliphatic rings. The molecule has 0 spiro atoms. The normalized spacial score (nSPS) is 12.1. The third-order valence-electron chi connectivity index (χ3n) is 1.79. The van der Waals surface area contributed by atoms with Gasteiger partial charge in [-0.05, 0) is 6.92 Å². The van der Waals surface area contributed by atoms with Gasteiger partial charge in [0.25, 0.3) is 10.2 Å². The Morgan fingerprint density at radius 1 is 1.27 bits per heavy atom. The molecular formula is C8H18N2O4S. The summed E-state index contributed by atoms with van der Waals surface area (Å²) >= 11 is 0. The van der Waals surface area contributed by atoms with Gasteiger partial charge < -0.3 is 4.74 Å². The molecule has 0 aromatic carbocycles. The molecule has 0 aliphatic carbocycles. The molecular weight excluding hydrogens is 220 g/mol. The summed E-state index contributed by atoms with van der Waals surface area (Å²) in [6.45, 7) is 2.14. The fraction of sp³-hybridized carbons (Fsp3) is 0.875. The van der Waals surface area contributed by atoms with Gasteiger partial charge in [-0.15, -0.1) is 0 Å². The monoisotopic (exact) mass is 238 g/mol. The standard InChI is InChI=1S/C8H18N2O4S/c1-5-14-8(11)6-7-10(4)15(12,13)9(2)3/h5-7H2,1-4H3. The molecule has 0 aromatic rings. The molecule has 0 saturated heterocycles. The SMILES string of the molecule is CCOC(=O)CCN(C)S(=O)(=O)N(C)C. The number of nitrogens with zero attached hydrogens (tertiary/aromatic N) is 2. The van der Waals surface area contributed by atoms with Crippen molar-refractivity contribution in [3.05, 3.63) is 0 Å². The van der Waals surface area contributed by atoms with E-state index in [1.807, 2.05) is 0 Å². The molecule has 0 bridgehead atoms. The van der Waals surface area contributed by atoms with Crippen LogP contribution >= 0.6 is 0 Å². The first kappa shape index (κ1) is 14.3. The Hall–Kier alpha value is -0.660. The lowest BCUT2D eigenvalue weighted by atomic mass is 10.4. The van der Waals surface area contributed by atoms with Crippen LogP contribution in [0.1, 0.15) is 13.3 Å². The van der Waals surface area contributed by atoms with E-state index in [0.29, 0.717) is 6.61 Å². The minimum absolute atomic E-state index is 0.0669. The van der Waals surface area contributed by atoms with Gasteiger partial charge in [-0.1, -0.05) is 0 Å². The summed E-state index contributed by atoms with van der Waals surface area (Å²) in [6.07, 6.45) is 0.0669. The molecule has 0 atom stereocenters. The van der Waals surface area contributed by atoms with Crippen molar-refractivity contribution in [2.45, 2.75) is 13.3 Å². The van der Waals surface area contributed by atoms with E-state index in [1.54, 1.807) is 6.92 Å². The fourth-order valence-corrected chi connectivity index (χ4v) is 1.76. The van der Waals surface area contributed by atoms with E-state index in [1.165, 1.54) is 21.1 Å². The zero-order chi connectivity index (χ0) is 12.1. The van der Waals surface area contributed by atoms with E-state index >= 15 is 0 Å². The molecule has 0 saturated carbocycles. The van der Waals surface area contributed by atoms with Gasteiger partial charge in [-0.2, -0.15) is 17.0 Å². The predicted molar refractivity (Wildman–Crippen MR) is 56.5 cm³/mol. The van der Waals surface area contributed by atoms with Crippen molar-refractivity contribution in [3.63, 3.8) is 0 Å². The van der Waals surface area contributed by atoms with Crippen LogP contribution in [-0.4, -0.2) is 57.3 Å². The van der Waals surface area contributed by atoms with Gasteiger partial charge in [0, 0.05) is 27.7 Å². The van der Waals surface area contributed by atoms with Crippen molar-refractivity contribution < 1.29 is 17.9 Å². The van der Waals surface area contributed by atoms with E-state index in [4.69, 9.17) is 4.74 Å². The molecule has 0 aromatic heterocycles. The number of carbonyl (C=O) groups is 1. The van der Waals surface area contributed by atoms with Gasteiger partial charge in [0.2, 0.25) is 0 Å². The van der Waals surface area contributed by atoms with Gasteiger partial charge in [-0.3, -0.25) is 4.79 Å². The Morgan fingerprint density at radius 3 is 2.20 bits per heavy atom. The molecule has 15 heavy (non-hydrogen) atoms. The van der Waals surface area contributed by atoms with E-state index in [9.17, 15) is 13.2 Å². The number of carbonyl (C=O) groups excluding carboxylic acids is 1. The lowest BCUT2D eigenvalue weighted by molar-refractivity contribution is -0.143. The highest BCUT2D eigenvalue weighted by molar-refractivity contribution is 7.86. The highest BCUT2D eigenvalue weighted by atomic mass is 32.2. The van der Waals surface area contributed by atoms with Crippen LogP contribution in [0.4, 0.5) is 0 Å². The zero-order valence-electron chi connectivity index (χ0n) is 9.56. The Morgan fingerprint density at radius 2 is 1.80 bits per heavy atom. The lowest BCUT2D eigenvalue weighted by Gasteiger charge is -2.20. The van der Waals surface area contributed by atoms with Crippen molar-refractivity contribution in [2.24, 2.45) is 0 Å². The molecule has 6 nitrogen and oxygen atoms in total. The summed E-state index contributed by atoms with van der Waals surface area (Å²) < 4.78 is 29.9. The maximum atomic E-state index is 11.5. The quantitative estimate of drug-likeness (QED) is 0.595. The van der Waals surface area contributed by atoms with Gasteiger partial charge >= 0.3 is 5.97 Å². The molecule has 0 rings (SSSR count). The topological polar surface area (TPSA) is 66.9 Å². The summed E-state index contributed by atoms with van der Waals surface area (Å²) in [5.41, 5.74) is 0. The van der Waals surface area contributed by atoms with E-state index in [2.05, 4.69) is 0 Å². The Kier molecular flexibility index (Phi) is 5.77. The third-order valence-corrected chi connectivity index (χ3v) is 3.68. The zero-order valence-corrected chi connectivity index (χ0v) is 10.4. The first-order valence-corrected chi connectivity index (χ1v) is 6.01. The first-order chi connectivity index (χ1) is 6.82. The van der Waals surface area contributed by atoms with E-state index in [-0.39, 0.29) is 13.0 Å². The lowest BCUT2D eigenvalue weighted by Crippen LogP contribution is -2.38. The Bertz CT molecular complexity index is 300. The largest absolute Gasteiger partial charge is 0.466 e. The second-order valence-corrected chi connectivity index (χ2v) is 5.42. The van der Waals surface area contributed by atoms with Crippen LogP contribution in [-0.2, 0) is 19.7 Å². The van der Waals surface area contributed by atoms with Crippen molar-refractivity contribution >= 4 is 16.2 Å². The molecule has 0 fully saturated rings. The molecule has 7 heteroatoms. The van der Waals surface area contributed by atoms with Crippen LogP contribution in [0.15, 0.2) is 0 Å². The maximum absolute atomic E-state index is 11.5. The second-order valence-electron chi connectivity index (χ2n) is 3.17. The summed E-state index contributed by atoms with van der Waals surface area (Å²) in [5, 5.41) is 0. The highest BCUT2D eigenvalue weighted by Crippen LogP contribution is 2.02. The van der Waals surface area contributed by atoms with Crippen LogP contribution in [0.2, 0.25) is 0 Å². The maximum Gasteiger partial charge on any atom is 0.307 e. The van der Waals surface area contributed by atoms with Crippen molar-refractivity contribution in [1.82, 2.24) is 8.61 Å². The summed E-state index contributed by atoms with van der Waals surface area (Å²) in [4.78, 5) is 11.0. The number of rotatable bonds is 6. The van der Waals surface area contributed by atoms with Gasteiger partial charge in [0.1, 0.15) is 0 Å². The van der Waals surface area contributed by atoms with E-state index in [0.717, 1.165) is 8.61 Å². The number of esters is 1. The van der Waals surface area contributed by atoms with Crippen molar-refractivity contribution in [1.29, 1.82) is 0 Å². The minimum Gasteiger partial charge on any atom is -0.466 e. The Balaban J connectivity index is 4.16. The molecule has 0 aliphatic heterocycles. The third kappa shape index (κ3) is 4.59. The predicted octanol–water partition coefficient (Wildman–Crippen LogP) is -0.322. The van der Waals surface area contributed by atoms with Gasteiger partial charge in [0.15, 0.2) is 0 Å². The number of hydrogen-bond acceptors (Lipinski definition) is 4. The molecule has 0 heterocycles. The average Bonchev–Trinajstić information content (AvgIpc) is 2.14. The Labute approximate surface area is 91.0 Å². The summed E-state index contributed by atoms with van der Waals surface area (Å²) in [7, 11) is 0.878. The second kappa shape index (κ2) is 6.04. The van der Waals surface area contributed by atoms with Crippen molar-refractivity contribution in [3.8, 4) is 0 Å². The molecule has 0 unspecified atom stereocenters. The average molecular weight is 238 g/mol. The minimum atomic E-state index is -3.43. The van der Waals surface area contributed by atoms with Crippen LogP contribution in [0, 0.1) is 0 Å². The smallest absolute Gasteiger partial charge is 0.307 e. The summed E-state index contributed by atoms with van der Waals surface area (Å²) in [6, 6.07) is 0. The fourth-order valence-electron chi connectivity index (χ4n) is 0.876. The van der Waals surface area contributed by atoms with Gasteiger partial charge in [0.05, 0.1) is 13.0 Å². The number of ether oxygens (including phenoxy) is 1. The molecule has 0 radical (unpaired) electrons. The number of hydrogen-bond donors (Lipinski definition) is 0. The molecule has 0 N–H and O–H groups in total. The molecule has 0 amide bonds. The summed E-state index contributed by atoms with van der Waals surface area (Å²) in [5.74, 6) is -0.390.